The summed E-state index contributed by atoms with van der Waals surface area (Å²) >= 11 is 0. The van der Waals surface area contributed by atoms with E-state index in [1.807, 2.05) is 71.4 Å². The molecule has 2 aromatic heterocycles. The summed E-state index contributed by atoms with van der Waals surface area (Å²) in [5, 5.41) is 0. The van der Waals surface area contributed by atoms with Crippen LogP contribution < -0.4 is 14.5 Å². The highest BCUT2D eigenvalue weighted by Gasteiger charge is 2.25. The monoisotopic (exact) mass is 543 g/mol. The fraction of sp³-hybridized carbons (Fsp3) is 0.241. The highest BCUT2D eigenvalue weighted by molar-refractivity contribution is 5.77. The SMILES string of the molecule is CN(Cc1ccc(Oc2ccccc2)cc1)c1nc(N2CCOCC2)nc(-n2c(C(F)F)nc3ccccc32)n1. The van der Waals surface area contributed by atoms with E-state index in [0.29, 0.717) is 55.8 Å². The minimum Gasteiger partial charge on any atom is -0.457 e. The molecule has 11 heteroatoms. The van der Waals surface area contributed by atoms with Gasteiger partial charge in [-0.3, -0.25) is 4.57 Å². The van der Waals surface area contributed by atoms with E-state index in [-0.39, 0.29) is 5.95 Å². The molecule has 3 heterocycles. The third-order valence-corrected chi connectivity index (χ3v) is 6.54. The van der Waals surface area contributed by atoms with Crippen molar-refractivity contribution in [2.45, 2.75) is 13.0 Å². The van der Waals surface area contributed by atoms with Crippen LogP contribution in [0.15, 0.2) is 78.9 Å². The Labute approximate surface area is 229 Å². The molecule has 3 aromatic carbocycles. The zero-order valence-electron chi connectivity index (χ0n) is 21.8. The highest BCUT2D eigenvalue weighted by Crippen LogP contribution is 2.28. The molecule has 0 saturated carbocycles. The summed E-state index contributed by atoms with van der Waals surface area (Å²) in [5.74, 6) is 1.92. The van der Waals surface area contributed by atoms with E-state index in [4.69, 9.17) is 14.5 Å². The third kappa shape index (κ3) is 5.41. The Bertz CT molecular complexity index is 1590. The second kappa shape index (κ2) is 11.2. The smallest absolute Gasteiger partial charge is 0.296 e. The van der Waals surface area contributed by atoms with Crippen molar-refractivity contribution in [2.75, 3.05) is 43.2 Å². The lowest BCUT2D eigenvalue weighted by atomic mass is 10.2. The molecular weight excluding hydrogens is 516 g/mol. The molecule has 0 amide bonds. The molecular formula is C29H27F2N7O2. The fourth-order valence-corrected chi connectivity index (χ4v) is 4.55. The van der Waals surface area contributed by atoms with Gasteiger partial charge in [0, 0.05) is 26.7 Å². The van der Waals surface area contributed by atoms with Gasteiger partial charge in [-0.05, 0) is 42.0 Å². The molecule has 1 aliphatic rings. The van der Waals surface area contributed by atoms with Gasteiger partial charge in [0.25, 0.3) is 6.43 Å². The maximum Gasteiger partial charge on any atom is 0.296 e. The van der Waals surface area contributed by atoms with Crippen molar-refractivity contribution >= 4 is 22.9 Å². The van der Waals surface area contributed by atoms with Crippen molar-refractivity contribution < 1.29 is 18.3 Å². The van der Waals surface area contributed by atoms with Crippen LogP contribution in [0.25, 0.3) is 17.0 Å². The van der Waals surface area contributed by atoms with E-state index < -0.39 is 12.2 Å². The van der Waals surface area contributed by atoms with Crippen molar-refractivity contribution in [3.63, 3.8) is 0 Å². The number of aromatic nitrogens is 5. The Kier molecular flexibility index (Phi) is 7.19. The predicted octanol–water partition coefficient (Wildman–Crippen LogP) is 5.41. The Hall–Kier alpha value is -4.64. The maximum absolute atomic E-state index is 14.1. The summed E-state index contributed by atoms with van der Waals surface area (Å²) < 4.78 is 40.9. The standard InChI is InChI=1S/C29H27F2N7O2/c1-36(19-20-11-13-22(14-12-20)40-21-7-3-2-4-8-21)27-33-28(37-15-17-39-18-16-37)35-29(34-27)38-24-10-6-5-9-23(24)32-26(38)25(30)31/h2-14,25H,15-19H2,1H3. The number of fused-ring (bicyclic) bond motifs is 1. The van der Waals surface area contributed by atoms with Gasteiger partial charge in [0.2, 0.25) is 17.8 Å². The van der Waals surface area contributed by atoms with Gasteiger partial charge < -0.3 is 19.3 Å². The van der Waals surface area contributed by atoms with Crippen molar-refractivity contribution in [1.82, 2.24) is 24.5 Å². The van der Waals surface area contributed by atoms with Gasteiger partial charge in [0.05, 0.1) is 24.2 Å². The van der Waals surface area contributed by atoms with Gasteiger partial charge in [-0.1, -0.05) is 42.5 Å². The lowest BCUT2D eigenvalue weighted by molar-refractivity contribution is 0.122. The van der Waals surface area contributed by atoms with Gasteiger partial charge in [0.15, 0.2) is 5.82 Å². The molecule has 1 fully saturated rings. The molecule has 1 saturated heterocycles. The van der Waals surface area contributed by atoms with Crippen molar-refractivity contribution in [3.05, 3.63) is 90.3 Å². The molecule has 0 unspecified atom stereocenters. The van der Waals surface area contributed by atoms with Crippen molar-refractivity contribution in [3.8, 4) is 17.4 Å². The van der Waals surface area contributed by atoms with E-state index in [2.05, 4.69) is 15.0 Å². The molecule has 1 aliphatic heterocycles. The summed E-state index contributed by atoms with van der Waals surface area (Å²) in [6.45, 7) is 2.70. The maximum atomic E-state index is 14.1. The first-order valence-electron chi connectivity index (χ1n) is 12.9. The molecule has 0 radical (unpaired) electrons. The molecule has 9 nitrogen and oxygen atoms in total. The number of benzene rings is 3. The van der Waals surface area contributed by atoms with Crippen LogP contribution in [0.3, 0.4) is 0 Å². The van der Waals surface area contributed by atoms with Gasteiger partial charge in [-0.2, -0.15) is 15.0 Å². The van der Waals surface area contributed by atoms with Gasteiger partial charge in [-0.15, -0.1) is 0 Å². The largest absolute Gasteiger partial charge is 0.457 e. The second-order valence-corrected chi connectivity index (χ2v) is 9.34. The minimum atomic E-state index is -2.81. The van der Waals surface area contributed by atoms with E-state index in [0.717, 1.165) is 17.1 Å². The zero-order chi connectivity index (χ0) is 27.5. The van der Waals surface area contributed by atoms with Gasteiger partial charge in [0.1, 0.15) is 11.5 Å². The number of morpholine rings is 1. The molecule has 0 N–H and O–H groups in total. The first-order chi connectivity index (χ1) is 19.5. The number of hydrogen-bond acceptors (Lipinski definition) is 8. The molecule has 5 aromatic rings. The molecule has 0 aliphatic carbocycles. The van der Waals surface area contributed by atoms with Gasteiger partial charge >= 0.3 is 0 Å². The van der Waals surface area contributed by atoms with Crippen molar-refractivity contribution in [1.29, 1.82) is 0 Å². The summed E-state index contributed by atoms with van der Waals surface area (Å²) in [7, 11) is 1.86. The van der Waals surface area contributed by atoms with E-state index in [9.17, 15) is 8.78 Å². The number of para-hydroxylation sites is 3. The van der Waals surface area contributed by atoms with Crippen LogP contribution in [-0.2, 0) is 11.3 Å². The van der Waals surface area contributed by atoms with Crippen LogP contribution in [0.2, 0.25) is 0 Å². The number of nitrogens with zero attached hydrogens (tertiary/aromatic N) is 7. The summed E-state index contributed by atoms with van der Waals surface area (Å²) in [4.78, 5) is 22.0. The Morgan fingerprint density at radius 3 is 2.25 bits per heavy atom. The van der Waals surface area contributed by atoms with Crippen LogP contribution in [0, 0.1) is 0 Å². The van der Waals surface area contributed by atoms with Crippen molar-refractivity contribution in [2.24, 2.45) is 0 Å². The van der Waals surface area contributed by atoms with Gasteiger partial charge in [-0.25, -0.2) is 13.8 Å². The van der Waals surface area contributed by atoms with Crippen LogP contribution >= 0.6 is 0 Å². The fourth-order valence-electron chi connectivity index (χ4n) is 4.55. The average molecular weight is 544 g/mol. The first-order valence-corrected chi connectivity index (χ1v) is 12.9. The average Bonchev–Trinajstić information content (AvgIpc) is 3.39. The van der Waals surface area contributed by atoms with Crippen LogP contribution in [0.5, 0.6) is 11.5 Å². The topological polar surface area (TPSA) is 81.4 Å². The Morgan fingerprint density at radius 1 is 0.825 bits per heavy atom. The number of hydrogen-bond donors (Lipinski definition) is 0. The normalized spacial score (nSPS) is 13.7. The second-order valence-electron chi connectivity index (χ2n) is 9.34. The molecule has 6 rings (SSSR count). The molecule has 0 atom stereocenters. The van der Waals surface area contributed by atoms with Crippen LogP contribution in [-0.4, -0.2) is 57.9 Å². The van der Waals surface area contributed by atoms with E-state index in [1.165, 1.54) is 4.57 Å². The molecule has 0 spiro atoms. The first kappa shape index (κ1) is 25.6. The number of anilines is 2. The Morgan fingerprint density at radius 2 is 1.50 bits per heavy atom. The lowest BCUT2D eigenvalue weighted by Crippen LogP contribution is -2.38. The van der Waals surface area contributed by atoms with E-state index in [1.54, 1.807) is 24.3 Å². The summed E-state index contributed by atoms with van der Waals surface area (Å²) in [5.41, 5.74) is 1.94. The number of ether oxygens (including phenoxy) is 2. The number of rotatable bonds is 8. The molecule has 40 heavy (non-hydrogen) atoms. The summed E-state index contributed by atoms with van der Waals surface area (Å²) in [6.07, 6.45) is -2.81. The molecule has 204 valence electrons. The number of alkyl halides is 2. The summed E-state index contributed by atoms with van der Waals surface area (Å²) in [6, 6.07) is 24.3. The Balaban J connectivity index is 1.33. The lowest BCUT2D eigenvalue weighted by Gasteiger charge is -2.28. The highest BCUT2D eigenvalue weighted by atomic mass is 19.3. The minimum absolute atomic E-state index is 0.0916. The zero-order valence-corrected chi connectivity index (χ0v) is 21.8. The number of halogens is 2. The third-order valence-electron chi connectivity index (χ3n) is 6.54. The quantitative estimate of drug-likeness (QED) is 0.257. The van der Waals surface area contributed by atoms with Crippen LogP contribution in [0.1, 0.15) is 17.8 Å². The molecule has 0 bridgehead atoms. The number of imidazole rings is 1. The predicted molar refractivity (Wildman–Crippen MR) is 148 cm³/mol. The van der Waals surface area contributed by atoms with E-state index >= 15 is 0 Å². The van der Waals surface area contributed by atoms with Crippen LogP contribution in [0.4, 0.5) is 20.7 Å².